The van der Waals surface area contributed by atoms with Crippen LogP contribution in [0.1, 0.15) is 28.4 Å². The van der Waals surface area contributed by atoms with Crippen LogP contribution < -0.4 is 5.32 Å². The maximum Gasteiger partial charge on any atom is 0.254 e. The Bertz CT molecular complexity index is 585. The van der Waals surface area contributed by atoms with Gasteiger partial charge in [-0.1, -0.05) is 11.8 Å². The number of benzene rings is 1. The molecule has 0 saturated heterocycles. The van der Waals surface area contributed by atoms with Crippen molar-refractivity contribution in [3.8, 4) is 11.8 Å². The van der Waals surface area contributed by atoms with E-state index in [4.69, 9.17) is 5.11 Å². The Morgan fingerprint density at radius 2 is 2.10 bits per heavy atom. The molecule has 0 aliphatic heterocycles. The third kappa shape index (κ3) is 4.62. The number of nitrogens with one attached hydrogen (secondary N) is 1. The summed E-state index contributed by atoms with van der Waals surface area (Å²) in [6, 6.07) is 5.18. The van der Waals surface area contributed by atoms with E-state index in [0.29, 0.717) is 12.1 Å². The van der Waals surface area contributed by atoms with Crippen LogP contribution in [0.15, 0.2) is 18.2 Å². The Morgan fingerprint density at radius 1 is 1.38 bits per heavy atom. The number of amides is 2. The van der Waals surface area contributed by atoms with Crippen molar-refractivity contribution in [3.05, 3.63) is 34.9 Å². The Morgan fingerprint density at radius 3 is 2.62 bits per heavy atom. The molecule has 0 aromatic heterocycles. The summed E-state index contributed by atoms with van der Waals surface area (Å²) in [7, 11) is 1.54. The molecule has 0 aliphatic rings. The average molecular weight is 288 g/mol. The molecule has 2 amide bonds. The van der Waals surface area contributed by atoms with Crippen LogP contribution in [0.2, 0.25) is 0 Å². The summed E-state index contributed by atoms with van der Waals surface area (Å²) in [5.41, 5.74) is 2.15. The highest BCUT2D eigenvalue weighted by atomic mass is 16.2. The molecule has 0 radical (unpaired) electrons. The molecule has 5 heteroatoms. The standard InChI is InChI=1S/C16H20N2O3/c1-4-18(11-15(20)17-3)16(21)14-8-7-13(6-5-9-19)12(2)10-14/h7-8,10,19H,4,9,11H2,1-3H3,(H,17,20). The number of carbonyl (C=O) groups excluding carboxylic acids is 2. The van der Waals surface area contributed by atoms with Crippen molar-refractivity contribution in [2.75, 3.05) is 26.7 Å². The van der Waals surface area contributed by atoms with E-state index < -0.39 is 0 Å². The number of rotatable bonds is 4. The first kappa shape index (κ1) is 16.7. The van der Waals surface area contributed by atoms with Crippen molar-refractivity contribution >= 4 is 11.8 Å². The lowest BCUT2D eigenvalue weighted by Crippen LogP contribution is -2.39. The molecule has 112 valence electrons. The van der Waals surface area contributed by atoms with E-state index in [2.05, 4.69) is 17.2 Å². The molecule has 0 saturated carbocycles. The quantitative estimate of drug-likeness (QED) is 0.795. The molecular weight excluding hydrogens is 268 g/mol. The van der Waals surface area contributed by atoms with E-state index in [1.54, 1.807) is 25.2 Å². The fraction of sp³-hybridized carbons (Fsp3) is 0.375. The van der Waals surface area contributed by atoms with Crippen molar-refractivity contribution in [2.45, 2.75) is 13.8 Å². The summed E-state index contributed by atoms with van der Waals surface area (Å²) in [5, 5.41) is 11.2. The largest absolute Gasteiger partial charge is 0.384 e. The molecular formula is C16H20N2O3. The molecule has 5 nitrogen and oxygen atoms in total. The van der Waals surface area contributed by atoms with Gasteiger partial charge in [-0.15, -0.1) is 0 Å². The van der Waals surface area contributed by atoms with Crippen molar-refractivity contribution < 1.29 is 14.7 Å². The van der Waals surface area contributed by atoms with Gasteiger partial charge in [-0.25, -0.2) is 0 Å². The summed E-state index contributed by atoms with van der Waals surface area (Å²) < 4.78 is 0. The molecule has 2 N–H and O–H groups in total. The maximum atomic E-state index is 12.4. The van der Waals surface area contributed by atoms with Crippen LogP contribution in [0, 0.1) is 18.8 Å². The molecule has 0 bridgehead atoms. The van der Waals surface area contributed by atoms with Gasteiger partial charge in [-0.2, -0.15) is 0 Å². The van der Waals surface area contributed by atoms with Gasteiger partial charge in [-0.3, -0.25) is 9.59 Å². The van der Waals surface area contributed by atoms with Crippen LogP contribution in [0.4, 0.5) is 0 Å². The van der Waals surface area contributed by atoms with Gasteiger partial charge >= 0.3 is 0 Å². The lowest BCUT2D eigenvalue weighted by Gasteiger charge is -2.20. The number of hydrogen-bond donors (Lipinski definition) is 2. The molecule has 0 unspecified atom stereocenters. The molecule has 0 heterocycles. The summed E-state index contributed by atoms with van der Waals surface area (Å²) in [4.78, 5) is 25.3. The van der Waals surface area contributed by atoms with Crippen LogP contribution in [0.25, 0.3) is 0 Å². The summed E-state index contributed by atoms with van der Waals surface area (Å²) in [6.07, 6.45) is 0. The third-order valence-electron chi connectivity index (χ3n) is 3.06. The Kier molecular flexibility index (Phi) is 6.44. The monoisotopic (exact) mass is 288 g/mol. The van der Waals surface area contributed by atoms with E-state index in [-0.39, 0.29) is 25.0 Å². The van der Waals surface area contributed by atoms with E-state index in [9.17, 15) is 9.59 Å². The van der Waals surface area contributed by atoms with Crippen molar-refractivity contribution in [2.24, 2.45) is 0 Å². The first-order valence-electron chi connectivity index (χ1n) is 6.73. The second-order valence-corrected chi connectivity index (χ2v) is 4.48. The number of likely N-dealkylation sites (N-methyl/N-ethyl adjacent to an activating group) is 2. The van der Waals surface area contributed by atoms with Gasteiger partial charge in [0, 0.05) is 24.7 Å². The van der Waals surface area contributed by atoms with Crippen LogP contribution in [-0.2, 0) is 4.79 Å². The second-order valence-electron chi connectivity index (χ2n) is 4.48. The van der Waals surface area contributed by atoms with Gasteiger partial charge in [0.05, 0.1) is 6.54 Å². The van der Waals surface area contributed by atoms with Crippen LogP contribution in [0.5, 0.6) is 0 Å². The van der Waals surface area contributed by atoms with Gasteiger partial charge < -0.3 is 15.3 Å². The molecule has 0 fully saturated rings. The van der Waals surface area contributed by atoms with Gasteiger partial charge in [0.15, 0.2) is 0 Å². The highest BCUT2D eigenvalue weighted by molar-refractivity contribution is 5.96. The van der Waals surface area contributed by atoms with Crippen LogP contribution in [0.3, 0.4) is 0 Å². The predicted molar refractivity (Wildman–Crippen MR) is 80.8 cm³/mol. The first-order chi connectivity index (χ1) is 10.0. The number of aryl methyl sites for hydroxylation is 1. The fourth-order valence-corrected chi connectivity index (χ4v) is 1.83. The third-order valence-corrected chi connectivity index (χ3v) is 3.06. The molecule has 0 spiro atoms. The minimum Gasteiger partial charge on any atom is -0.384 e. The zero-order chi connectivity index (χ0) is 15.8. The lowest BCUT2D eigenvalue weighted by atomic mass is 10.0. The number of nitrogens with zero attached hydrogens (tertiary/aromatic N) is 1. The van der Waals surface area contributed by atoms with Gasteiger partial charge in [0.2, 0.25) is 5.91 Å². The molecule has 1 aromatic carbocycles. The van der Waals surface area contributed by atoms with Crippen molar-refractivity contribution in [1.82, 2.24) is 10.2 Å². The van der Waals surface area contributed by atoms with Gasteiger partial charge in [0.25, 0.3) is 5.91 Å². The van der Waals surface area contributed by atoms with Gasteiger partial charge in [0.1, 0.15) is 6.61 Å². The minimum atomic E-state index is -0.202. The molecule has 21 heavy (non-hydrogen) atoms. The van der Waals surface area contributed by atoms with Crippen molar-refractivity contribution in [1.29, 1.82) is 0 Å². The Hall–Kier alpha value is -2.32. The predicted octanol–water partition coefficient (Wildman–Crippen LogP) is 0.547. The Labute approximate surface area is 125 Å². The molecule has 0 atom stereocenters. The number of aliphatic hydroxyl groups is 1. The van der Waals surface area contributed by atoms with E-state index in [1.807, 2.05) is 13.8 Å². The molecule has 1 aromatic rings. The SMILES string of the molecule is CCN(CC(=O)NC)C(=O)c1ccc(C#CCO)c(C)c1. The molecule has 0 aliphatic carbocycles. The number of carbonyl (C=O) groups is 2. The van der Waals surface area contributed by atoms with Crippen LogP contribution >= 0.6 is 0 Å². The minimum absolute atomic E-state index is 0.0386. The second kappa shape index (κ2) is 8.08. The van der Waals surface area contributed by atoms with E-state index in [1.165, 1.54) is 4.90 Å². The zero-order valence-corrected chi connectivity index (χ0v) is 12.6. The average Bonchev–Trinajstić information content (AvgIpc) is 2.50. The highest BCUT2D eigenvalue weighted by Gasteiger charge is 2.17. The number of aliphatic hydroxyl groups excluding tert-OH is 1. The highest BCUT2D eigenvalue weighted by Crippen LogP contribution is 2.12. The van der Waals surface area contributed by atoms with E-state index >= 15 is 0 Å². The maximum absolute atomic E-state index is 12.4. The normalized spacial score (nSPS) is 9.52. The zero-order valence-electron chi connectivity index (χ0n) is 12.6. The Balaban J connectivity index is 2.96. The first-order valence-corrected chi connectivity index (χ1v) is 6.73. The summed E-state index contributed by atoms with van der Waals surface area (Å²) in [5.74, 6) is 5.01. The lowest BCUT2D eigenvalue weighted by molar-refractivity contribution is -0.121. The van der Waals surface area contributed by atoms with Crippen LogP contribution in [-0.4, -0.2) is 48.6 Å². The van der Waals surface area contributed by atoms with E-state index in [0.717, 1.165) is 11.1 Å². The summed E-state index contributed by atoms with van der Waals surface area (Å²) >= 11 is 0. The molecule has 1 rings (SSSR count). The fourth-order valence-electron chi connectivity index (χ4n) is 1.83. The topological polar surface area (TPSA) is 69.6 Å². The smallest absolute Gasteiger partial charge is 0.254 e. The van der Waals surface area contributed by atoms with Crippen molar-refractivity contribution in [3.63, 3.8) is 0 Å². The number of hydrogen-bond acceptors (Lipinski definition) is 3. The van der Waals surface area contributed by atoms with Gasteiger partial charge in [-0.05, 0) is 37.6 Å². The summed E-state index contributed by atoms with van der Waals surface area (Å²) in [6.45, 7) is 3.98.